The number of carbonyl (C=O) groups excluding carboxylic acids is 2. The van der Waals surface area contributed by atoms with Crippen LogP contribution in [0.25, 0.3) is 0 Å². The predicted octanol–water partition coefficient (Wildman–Crippen LogP) is 5.73. The number of amides is 2. The van der Waals surface area contributed by atoms with Gasteiger partial charge in [0.15, 0.2) is 0 Å². The van der Waals surface area contributed by atoms with E-state index in [0.29, 0.717) is 29.0 Å². The van der Waals surface area contributed by atoms with Crippen LogP contribution in [0.1, 0.15) is 60.5 Å². The Morgan fingerprint density at radius 1 is 1.09 bits per heavy atom. The number of rotatable bonds is 7. The molecule has 6 heteroatoms. The summed E-state index contributed by atoms with van der Waals surface area (Å²) in [6, 6.07) is 13.6. The van der Waals surface area contributed by atoms with Crippen LogP contribution in [0, 0.1) is 19.7 Å². The summed E-state index contributed by atoms with van der Waals surface area (Å²) in [5.41, 5.74) is 1.89. The average Bonchev–Trinajstić information content (AvgIpc) is 3.18. The molecule has 0 spiro atoms. The minimum atomic E-state index is -1.01. The second-order valence-electron chi connectivity index (χ2n) is 8.59. The molecular weight excluding hydrogens is 407 g/mol. The standard InChI is InChI=1S/C26H29FN2O3/c1-6-26(4,5)28-24(30)23(19-10-12-20(27)13-11-19)29(21-9-7-8-17(2)16-21)25(31)22-14-15-32-18(22)3/h7-16,23H,6H2,1-5H3,(H,28,30). The normalized spacial score (nSPS) is 12.3. The molecule has 1 atom stereocenters. The molecule has 1 unspecified atom stereocenters. The molecule has 0 saturated heterocycles. The molecule has 0 saturated carbocycles. The highest BCUT2D eigenvalue weighted by Gasteiger charge is 2.36. The van der Waals surface area contributed by atoms with Crippen molar-refractivity contribution in [3.63, 3.8) is 0 Å². The smallest absolute Gasteiger partial charge is 0.262 e. The van der Waals surface area contributed by atoms with Gasteiger partial charge in [0, 0.05) is 11.2 Å². The third kappa shape index (κ3) is 5.07. The summed E-state index contributed by atoms with van der Waals surface area (Å²) in [5, 5.41) is 3.05. The number of furan rings is 1. The summed E-state index contributed by atoms with van der Waals surface area (Å²) in [7, 11) is 0. The number of anilines is 1. The first-order valence-electron chi connectivity index (χ1n) is 10.6. The first kappa shape index (κ1) is 23.3. The largest absolute Gasteiger partial charge is 0.469 e. The zero-order valence-corrected chi connectivity index (χ0v) is 19.1. The molecule has 3 aromatic rings. The number of hydrogen-bond donors (Lipinski definition) is 1. The Labute approximate surface area is 188 Å². The summed E-state index contributed by atoms with van der Waals surface area (Å²) >= 11 is 0. The maximum absolute atomic E-state index is 13.8. The van der Waals surface area contributed by atoms with Gasteiger partial charge in [0.05, 0.1) is 11.8 Å². The van der Waals surface area contributed by atoms with Crippen molar-refractivity contribution in [2.45, 2.75) is 52.6 Å². The van der Waals surface area contributed by atoms with E-state index in [-0.39, 0.29) is 11.8 Å². The lowest BCUT2D eigenvalue weighted by molar-refractivity contribution is -0.124. The van der Waals surface area contributed by atoms with Gasteiger partial charge in [0.25, 0.3) is 5.91 Å². The lowest BCUT2D eigenvalue weighted by Gasteiger charge is -2.34. The molecule has 0 radical (unpaired) electrons. The molecule has 5 nitrogen and oxygen atoms in total. The minimum Gasteiger partial charge on any atom is -0.469 e. The third-order valence-electron chi connectivity index (χ3n) is 5.63. The fourth-order valence-electron chi connectivity index (χ4n) is 3.45. The van der Waals surface area contributed by atoms with Crippen LogP contribution in [-0.2, 0) is 4.79 Å². The minimum absolute atomic E-state index is 0.348. The van der Waals surface area contributed by atoms with Crippen molar-refractivity contribution in [3.8, 4) is 0 Å². The molecular formula is C26H29FN2O3. The van der Waals surface area contributed by atoms with Crippen LogP contribution < -0.4 is 10.2 Å². The van der Waals surface area contributed by atoms with Gasteiger partial charge in [-0.3, -0.25) is 14.5 Å². The molecule has 3 rings (SSSR count). The molecule has 1 heterocycles. The Balaban J connectivity index is 2.20. The van der Waals surface area contributed by atoms with E-state index in [1.54, 1.807) is 19.1 Å². The Kier molecular flexibility index (Phi) is 6.82. The zero-order chi connectivity index (χ0) is 23.5. The summed E-state index contributed by atoms with van der Waals surface area (Å²) in [6.07, 6.45) is 2.15. The molecule has 1 N–H and O–H groups in total. The number of nitrogens with zero attached hydrogens (tertiary/aromatic N) is 1. The summed E-state index contributed by atoms with van der Waals surface area (Å²) in [6.45, 7) is 9.44. The summed E-state index contributed by atoms with van der Waals surface area (Å²) in [4.78, 5) is 28.9. The second kappa shape index (κ2) is 9.39. The third-order valence-corrected chi connectivity index (χ3v) is 5.63. The van der Waals surface area contributed by atoms with Crippen molar-refractivity contribution in [1.82, 2.24) is 5.32 Å². The Bertz CT molecular complexity index is 1100. The number of aryl methyl sites for hydroxylation is 2. The fraction of sp³-hybridized carbons (Fsp3) is 0.308. The van der Waals surface area contributed by atoms with E-state index in [4.69, 9.17) is 4.42 Å². The maximum Gasteiger partial charge on any atom is 0.262 e. The maximum atomic E-state index is 13.8. The van der Waals surface area contributed by atoms with Crippen LogP contribution in [0.15, 0.2) is 65.3 Å². The van der Waals surface area contributed by atoms with Crippen molar-refractivity contribution in [2.75, 3.05) is 4.90 Å². The van der Waals surface area contributed by atoms with Gasteiger partial charge in [-0.05, 0) is 75.6 Å². The van der Waals surface area contributed by atoms with E-state index in [9.17, 15) is 14.0 Å². The Morgan fingerprint density at radius 2 is 1.78 bits per heavy atom. The number of nitrogens with one attached hydrogen (secondary N) is 1. The van der Waals surface area contributed by atoms with Crippen molar-refractivity contribution in [3.05, 3.63) is 89.1 Å². The van der Waals surface area contributed by atoms with Crippen LogP contribution in [0.2, 0.25) is 0 Å². The Hall–Kier alpha value is -3.41. The molecule has 168 valence electrons. The molecule has 1 aromatic heterocycles. The monoisotopic (exact) mass is 436 g/mol. The van der Waals surface area contributed by atoms with Crippen molar-refractivity contribution in [2.24, 2.45) is 0 Å². The average molecular weight is 437 g/mol. The van der Waals surface area contributed by atoms with Crippen LogP contribution >= 0.6 is 0 Å². The van der Waals surface area contributed by atoms with Gasteiger partial charge in [-0.15, -0.1) is 0 Å². The number of carbonyl (C=O) groups is 2. The number of hydrogen-bond acceptors (Lipinski definition) is 3. The second-order valence-corrected chi connectivity index (χ2v) is 8.59. The van der Waals surface area contributed by atoms with E-state index in [2.05, 4.69) is 5.32 Å². The highest BCUT2D eigenvalue weighted by Crippen LogP contribution is 2.32. The van der Waals surface area contributed by atoms with Crippen LogP contribution in [0.3, 0.4) is 0 Å². The first-order valence-corrected chi connectivity index (χ1v) is 10.6. The van der Waals surface area contributed by atoms with Gasteiger partial charge in [-0.2, -0.15) is 0 Å². The molecule has 0 aliphatic rings. The van der Waals surface area contributed by atoms with Gasteiger partial charge in [-0.1, -0.05) is 31.2 Å². The number of halogens is 1. The highest BCUT2D eigenvalue weighted by molar-refractivity contribution is 6.10. The SMILES string of the molecule is CCC(C)(C)NC(=O)C(c1ccc(F)cc1)N(C(=O)c1ccoc1C)c1cccc(C)c1. The van der Waals surface area contributed by atoms with E-state index in [1.165, 1.54) is 35.4 Å². The summed E-state index contributed by atoms with van der Waals surface area (Å²) in [5.74, 6) is -0.680. The quantitative estimate of drug-likeness (QED) is 0.515. The highest BCUT2D eigenvalue weighted by atomic mass is 19.1. The lowest BCUT2D eigenvalue weighted by Crippen LogP contribution is -2.50. The van der Waals surface area contributed by atoms with Gasteiger partial charge in [-0.25, -0.2) is 4.39 Å². The predicted molar refractivity (Wildman–Crippen MR) is 123 cm³/mol. The Morgan fingerprint density at radius 3 is 2.34 bits per heavy atom. The van der Waals surface area contributed by atoms with Gasteiger partial charge in [0.1, 0.15) is 17.6 Å². The van der Waals surface area contributed by atoms with Crippen molar-refractivity contribution < 1.29 is 18.4 Å². The molecule has 2 amide bonds. The number of benzene rings is 2. The lowest BCUT2D eigenvalue weighted by atomic mass is 9.97. The van der Waals surface area contributed by atoms with Crippen LogP contribution in [-0.4, -0.2) is 17.4 Å². The van der Waals surface area contributed by atoms with E-state index in [0.717, 1.165) is 5.56 Å². The summed E-state index contributed by atoms with van der Waals surface area (Å²) < 4.78 is 19.1. The van der Waals surface area contributed by atoms with Gasteiger partial charge >= 0.3 is 0 Å². The molecule has 2 aromatic carbocycles. The van der Waals surface area contributed by atoms with Crippen molar-refractivity contribution >= 4 is 17.5 Å². The molecule has 32 heavy (non-hydrogen) atoms. The fourth-order valence-corrected chi connectivity index (χ4v) is 3.45. The van der Waals surface area contributed by atoms with E-state index in [1.807, 2.05) is 45.9 Å². The zero-order valence-electron chi connectivity index (χ0n) is 19.1. The molecule has 0 bridgehead atoms. The van der Waals surface area contributed by atoms with E-state index >= 15 is 0 Å². The van der Waals surface area contributed by atoms with E-state index < -0.39 is 17.4 Å². The van der Waals surface area contributed by atoms with Crippen LogP contribution in [0.5, 0.6) is 0 Å². The van der Waals surface area contributed by atoms with Crippen LogP contribution in [0.4, 0.5) is 10.1 Å². The molecule has 0 aliphatic heterocycles. The van der Waals surface area contributed by atoms with Gasteiger partial charge in [0.2, 0.25) is 5.91 Å². The molecule has 0 aliphatic carbocycles. The van der Waals surface area contributed by atoms with Crippen molar-refractivity contribution in [1.29, 1.82) is 0 Å². The topological polar surface area (TPSA) is 62.6 Å². The first-order chi connectivity index (χ1) is 15.1. The molecule has 0 fully saturated rings. The van der Waals surface area contributed by atoms with Gasteiger partial charge < -0.3 is 9.73 Å².